The van der Waals surface area contributed by atoms with E-state index in [0.29, 0.717) is 11.1 Å². The van der Waals surface area contributed by atoms with E-state index in [9.17, 15) is 0 Å². The number of rotatable bonds is 2. The molecule has 21 heavy (non-hydrogen) atoms. The third kappa shape index (κ3) is 3.74. The van der Waals surface area contributed by atoms with Gasteiger partial charge in [-0.15, -0.1) is 11.3 Å². The Bertz CT molecular complexity index is 634. The standard InChI is InChI=1S/C17H20N2OS/c18-12-17-19-15-10-9-14(11-16(15)21-17)20-13-7-5-3-1-2-4-6-8-13/h9-11,13H,1-8H2. The van der Waals surface area contributed by atoms with Gasteiger partial charge in [-0.25, -0.2) is 4.98 Å². The SMILES string of the molecule is N#Cc1nc2ccc(OC3CCCCCCCC3)cc2s1. The fraction of sp³-hybridized carbons (Fsp3) is 0.529. The van der Waals surface area contributed by atoms with Gasteiger partial charge in [-0.2, -0.15) is 5.26 Å². The normalized spacial score (nSPS) is 17.7. The van der Waals surface area contributed by atoms with Crippen LogP contribution < -0.4 is 4.74 Å². The molecule has 0 radical (unpaired) electrons. The summed E-state index contributed by atoms with van der Waals surface area (Å²) in [5, 5.41) is 9.44. The number of thiazole rings is 1. The van der Waals surface area contributed by atoms with Gasteiger partial charge in [0, 0.05) is 0 Å². The van der Waals surface area contributed by atoms with Crippen LogP contribution in [0.4, 0.5) is 0 Å². The minimum atomic E-state index is 0.337. The summed E-state index contributed by atoms with van der Waals surface area (Å²) in [5.74, 6) is 0.917. The molecule has 1 aliphatic rings. The van der Waals surface area contributed by atoms with Gasteiger partial charge in [-0.1, -0.05) is 25.7 Å². The van der Waals surface area contributed by atoms with Crippen molar-refractivity contribution < 1.29 is 4.74 Å². The first-order valence-corrected chi connectivity index (χ1v) is 8.64. The molecule has 3 nitrogen and oxygen atoms in total. The Morgan fingerprint density at radius 2 is 1.81 bits per heavy atom. The van der Waals surface area contributed by atoms with Gasteiger partial charge in [-0.05, 0) is 43.9 Å². The second-order valence-corrected chi connectivity index (χ2v) is 6.73. The number of hydrogen-bond acceptors (Lipinski definition) is 4. The van der Waals surface area contributed by atoms with Crippen LogP contribution in [-0.2, 0) is 0 Å². The van der Waals surface area contributed by atoms with Crippen LogP contribution in [0, 0.1) is 11.3 Å². The largest absolute Gasteiger partial charge is 0.490 e. The zero-order chi connectivity index (χ0) is 14.5. The third-order valence-corrected chi connectivity index (χ3v) is 4.98. The van der Waals surface area contributed by atoms with Gasteiger partial charge in [0.25, 0.3) is 0 Å². The van der Waals surface area contributed by atoms with Crippen LogP contribution in [0.25, 0.3) is 10.2 Å². The van der Waals surface area contributed by atoms with Crippen molar-refractivity contribution in [2.24, 2.45) is 0 Å². The van der Waals surface area contributed by atoms with E-state index in [-0.39, 0.29) is 0 Å². The fourth-order valence-electron chi connectivity index (χ4n) is 2.93. The van der Waals surface area contributed by atoms with E-state index in [0.717, 1.165) is 28.8 Å². The molecule has 1 saturated carbocycles. The van der Waals surface area contributed by atoms with Gasteiger partial charge in [0.1, 0.15) is 11.8 Å². The Morgan fingerprint density at radius 1 is 1.10 bits per heavy atom. The molecule has 1 heterocycles. The Hall–Kier alpha value is -1.60. The maximum Gasteiger partial charge on any atom is 0.195 e. The first kappa shape index (κ1) is 14.3. The van der Waals surface area contributed by atoms with Crippen LogP contribution in [0.5, 0.6) is 5.75 Å². The lowest BCUT2D eigenvalue weighted by atomic mass is 10.1. The van der Waals surface area contributed by atoms with Crippen LogP contribution in [0.15, 0.2) is 18.2 Å². The molecule has 0 N–H and O–H groups in total. The van der Waals surface area contributed by atoms with Crippen molar-refractivity contribution in [2.45, 2.75) is 57.5 Å². The Kier molecular flexibility index (Phi) is 4.72. The zero-order valence-electron chi connectivity index (χ0n) is 12.2. The molecule has 1 aliphatic carbocycles. The second-order valence-electron chi connectivity index (χ2n) is 5.70. The molecule has 4 heteroatoms. The molecule has 110 valence electrons. The zero-order valence-corrected chi connectivity index (χ0v) is 13.0. The van der Waals surface area contributed by atoms with Crippen molar-refractivity contribution >= 4 is 21.6 Å². The van der Waals surface area contributed by atoms with Gasteiger partial charge < -0.3 is 4.74 Å². The predicted octanol–water partition coefficient (Wildman–Crippen LogP) is 5.05. The second kappa shape index (κ2) is 6.91. The van der Waals surface area contributed by atoms with Gasteiger partial charge in [-0.3, -0.25) is 0 Å². The molecular formula is C17H20N2OS. The smallest absolute Gasteiger partial charge is 0.195 e. The molecule has 0 saturated heterocycles. The number of nitriles is 1. The molecule has 1 aromatic carbocycles. The molecule has 0 bridgehead atoms. The van der Waals surface area contributed by atoms with Gasteiger partial charge in [0.15, 0.2) is 5.01 Å². The number of fused-ring (bicyclic) bond motifs is 1. The summed E-state index contributed by atoms with van der Waals surface area (Å²) < 4.78 is 7.23. The van der Waals surface area contributed by atoms with Crippen molar-refractivity contribution in [2.75, 3.05) is 0 Å². The van der Waals surface area contributed by atoms with Gasteiger partial charge in [0.05, 0.1) is 16.3 Å². The topological polar surface area (TPSA) is 45.9 Å². The molecular weight excluding hydrogens is 280 g/mol. The number of aromatic nitrogens is 1. The molecule has 2 aromatic rings. The molecule has 3 rings (SSSR count). The molecule has 0 amide bonds. The van der Waals surface area contributed by atoms with Crippen LogP contribution in [-0.4, -0.2) is 11.1 Å². The summed E-state index contributed by atoms with van der Waals surface area (Å²) in [6, 6.07) is 8.07. The lowest BCUT2D eigenvalue weighted by Gasteiger charge is -2.18. The van der Waals surface area contributed by atoms with E-state index in [1.165, 1.54) is 49.9 Å². The molecule has 1 aromatic heterocycles. The Balaban J connectivity index is 1.72. The van der Waals surface area contributed by atoms with Crippen LogP contribution in [0.3, 0.4) is 0 Å². The highest BCUT2D eigenvalue weighted by Crippen LogP contribution is 2.28. The summed E-state index contributed by atoms with van der Waals surface area (Å²) in [5.41, 5.74) is 0.887. The fourth-order valence-corrected chi connectivity index (χ4v) is 3.72. The predicted molar refractivity (Wildman–Crippen MR) is 85.7 cm³/mol. The van der Waals surface area contributed by atoms with Crippen molar-refractivity contribution in [3.63, 3.8) is 0 Å². The van der Waals surface area contributed by atoms with E-state index >= 15 is 0 Å². The van der Waals surface area contributed by atoms with Crippen LogP contribution in [0.1, 0.15) is 56.4 Å². The summed E-state index contributed by atoms with van der Waals surface area (Å²) in [7, 11) is 0. The first-order chi connectivity index (χ1) is 10.3. The number of nitrogens with zero attached hydrogens (tertiary/aromatic N) is 2. The maximum absolute atomic E-state index is 8.92. The molecule has 0 aliphatic heterocycles. The summed E-state index contributed by atoms with van der Waals surface area (Å²) in [6.07, 6.45) is 10.6. The monoisotopic (exact) mass is 300 g/mol. The lowest BCUT2D eigenvalue weighted by molar-refractivity contribution is 0.176. The molecule has 0 unspecified atom stereocenters. The minimum absolute atomic E-state index is 0.337. The Morgan fingerprint density at radius 3 is 2.52 bits per heavy atom. The number of ether oxygens (including phenoxy) is 1. The van der Waals surface area contributed by atoms with Crippen LogP contribution in [0.2, 0.25) is 0 Å². The minimum Gasteiger partial charge on any atom is -0.490 e. The average Bonchev–Trinajstić information content (AvgIpc) is 2.95. The van der Waals surface area contributed by atoms with Crippen molar-refractivity contribution in [3.05, 3.63) is 23.2 Å². The molecule has 1 fully saturated rings. The van der Waals surface area contributed by atoms with E-state index in [1.54, 1.807) is 0 Å². The van der Waals surface area contributed by atoms with E-state index < -0.39 is 0 Å². The molecule has 0 atom stereocenters. The first-order valence-electron chi connectivity index (χ1n) is 7.82. The highest BCUT2D eigenvalue weighted by Gasteiger charge is 2.13. The highest BCUT2D eigenvalue weighted by atomic mass is 32.1. The van der Waals surface area contributed by atoms with Crippen molar-refractivity contribution in [3.8, 4) is 11.8 Å². The van der Waals surface area contributed by atoms with E-state index in [4.69, 9.17) is 10.00 Å². The summed E-state index contributed by atoms with van der Waals surface area (Å²) >= 11 is 1.43. The van der Waals surface area contributed by atoms with Gasteiger partial charge in [0.2, 0.25) is 0 Å². The number of benzene rings is 1. The highest BCUT2D eigenvalue weighted by molar-refractivity contribution is 7.19. The third-order valence-electron chi connectivity index (χ3n) is 4.06. The summed E-state index contributed by atoms with van der Waals surface area (Å²) in [4.78, 5) is 4.26. The van der Waals surface area contributed by atoms with Crippen molar-refractivity contribution in [1.29, 1.82) is 5.26 Å². The van der Waals surface area contributed by atoms with E-state index in [1.807, 2.05) is 18.2 Å². The van der Waals surface area contributed by atoms with Gasteiger partial charge >= 0.3 is 0 Å². The maximum atomic E-state index is 8.92. The summed E-state index contributed by atoms with van der Waals surface area (Å²) in [6.45, 7) is 0. The Labute approximate surface area is 129 Å². The lowest BCUT2D eigenvalue weighted by Crippen LogP contribution is -2.16. The average molecular weight is 300 g/mol. The number of hydrogen-bond donors (Lipinski definition) is 0. The quantitative estimate of drug-likeness (QED) is 0.779. The van der Waals surface area contributed by atoms with Crippen LogP contribution >= 0.6 is 11.3 Å². The van der Waals surface area contributed by atoms with Crippen molar-refractivity contribution in [1.82, 2.24) is 4.98 Å². The molecule has 0 spiro atoms. The van der Waals surface area contributed by atoms with E-state index in [2.05, 4.69) is 11.1 Å².